The summed E-state index contributed by atoms with van der Waals surface area (Å²) in [5, 5.41) is 4.59. The van der Waals surface area contributed by atoms with Gasteiger partial charge in [-0.25, -0.2) is 9.37 Å². The van der Waals surface area contributed by atoms with Crippen molar-refractivity contribution in [1.29, 1.82) is 0 Å². The van der Waals surface area contributed by atoms with Gasteiger partial charge in [-0.15, -0.1) is 5.10 Å². The average Bonchev–Trinajstić information content (AvgIpc) is 3.37. The van der Waals surface area contributed by atoms with Gasteiger partial charge in [0, 0.05) is 45.0 Å². The molecule has 42 heavy (non-hydrogen) atoms. The lowest BCUT2D eigenvalue weighted by atomic mass is 9.95. The highest BCUT2D eigenvalue weighted by Crippen LogP contribution is 2.28. The first kappa shape index (κ1) is 30.8. The summed E-state index contributed by atoms with van der Waals surface area (Å²) in [4.78, 5) is 25.5. The molecule has 0 saturated heterocycles. The van der Waals surface area contributed by atoms with Gasteiger partial charge in [-0.05, 0) is 68.8 Å². The maximum absolute atomic E-state index is 13.4. The van der Waals surface area contributed by atoms with Crippen LogP contribution in [0.1, 0.15) is 19.4 Å². The number of ether oxygens (including phenoxy) is 4. The van der Waals surface area contributed by atoms with E-state index in [0.29, 0.717) is 35.3 Å². The number of benzene rings is 1. The maximum Gasteiger partial charge on any atom is 0.323 e. The van der Waals surface area contributed by atoms with Crippen LogP contribution in [0.4, 0.5) is 4.39 Å². The van der Waals surface area contributed by atoms with Crippen LogP contribution >= 0.6 is 0 Å². The molecule has 0 radical (unpaired) electrons. The first-order valence-electron chi connectivity index (χ1n) is 13.7. The fourth-order valence-electron chi connectivity index (χ4n) is 3.84. The number of halogens is 1. The van der Waals surface area contributed by atoms with Crippen molar-refractivity contribution in [3.05, 3.63) is 66.2 Å². The smallest absolute Gasteiger partial charge is 0.323 e. The summed E-state index contributed by atoms with van der Waals surface area (Å²) in [7, 11) is 0.613. The summed E-state index contributed by atoms with van der Waals surface area (Å²) >= 11 is 0. The molecule has 0 saturated carbocycles. The predicted octanol–water partition coefficient (Wildman–Crippen LogP) is 5.68. The van der Waals surface area contributed by atoms with Crippen LogP contribution in [0, 0.1) is 18.2 Å². The quantitative estimate of drug-likeness (QED) is 0.110. The van der Waals surface area contributed by atoms with E-state index in [1.807, 2.05) is 25.1 Å². The van der Waals surface area contributed by atoms with Crippen molar-refractivity contribution in [3.63, 3.8) is 0 Å². The highest BCUT2D eigenvalue weighted by molar-refractivity contribution is 6.55. The first-order valence-corrected chi connectivity index (χ1v) is 16.8. The number of aromatic nitrogens is 5. The van der Waals surface area contributed by atoms with E-state index in [2.05, 4.69) is 33.1 Å². The molecule has 3 heterocycles. The van der Waals surface area contributed by atoms with Gasteiger partial charge in [-0.3, -0.25) is 9.78 Å². The molecule has 0 N–H and O–H groups in total. The molecule has 1 aromatic carbocycles. The van der Waals surface area contributed by atoms with Crippen molar-refractivity contribution in [3.8, 4) is 40.3 Å². The van der Waals surface area contributed by atoms with Gasteiger partial charge in [0.15, 0.2) is 5.82 Å². The summed E-state index contributed by atoms with van der Waals surface area (Å²) in [6.45, 7) is 10.9. The Morgan fingerprint density at radius 2 is 1.83 bits per heavy atom. The van der Waals surface area contributed by atoms with Gasteiger partial charge < -0.3 is 18.9 Å². The number of carbonyl (C=O) groups excluding carboxylic acids is 1. The van der Waals surface area contributed by atoms with Gasteiger partial charge >= 0.3 is 12.0 Å². The Labute approximate surface area is 246 Å². The van der Waals surface area contributed by atoms with E-state index in [1.54, 1.807) is 30.9 Å². The summed E-state index contributed by atoms with van der Waals surface area (Å²) in [5.74, 6) is 0.552. The van der Waals surface area contributed by atoms with E-state index in [-0.39, 0.29) is 31.1 Å². The van der Waals surface area contributed by atoms with E-state index >= 15 is 0 Å². The Morgan fingerprint density at radius 3 is 2.48 bits per heavy atom. The zero-order valence-corrected chi connectivity index (χ0v) is 25.9. The fourth-order valence-corrected chi connectivity index (χ4v) is 4.48. The van der Waals surface area contributed by atoms with Gasteiger partial charge in [-0.2, -0.15) is 9.67 Å². The molecule has 0 aliphatic rings. The number of carbonyl (C=O) groups is 1. The molecular weight excluding hydrogens is 557 g/mol. The Hall–Kier alpha value is -4.16. The number of esters is 1. The van der Waals surface area contributed by atoms with Crippen LogP contribution in [-0.4, -0.2) is 59.8 Å². The molecule has 0 bridgehead atoms. The fraction of sp³-hybridized carbons (Fsp3) is 0.367. The molecule has 0 aliphatic carbocycles. The van der Waals surface area contributed by atoms with Crippen molar-refractivity contribution in [2.75, 3.05) is 20.3 Å². The van der Waals surface area contributed by atoms with Crippen LogP contribution in [0.3, 0.4) is 0 Å². The Balaban J connectivity index is 1.50. The van der Waals surface area contributed by atoms with Gasteiger partial charge in [0.05, 0.1) is 18.2 Å². The minimum Gasteiger partial charge on any atom is -0.476 e. The number of nitrogens with zero attached hydrogens (tertiary/aromatic N) is 5. The maximum atomic E-state index is 13.4. The van der Waals surface area contributed by atoms with Crippen molar-refractivity contribution >= 4 is 14.8 Å². The van der Waals surface area contributed by atoms with Crippen LogP contribution in [0.2, 0.25) is 19.1 Å². The molecule has 222 valence electrons. The molecule has 0 aliphatic heterocycles. The summed E-state index contributed by atoms with van der Waals surface area (Å²) in [6, 6.07) is 12.5. The molecule has 12 heteroatoms. The van der Waals surface area contributed by atoms with E-state index < -0.39 is 14.2 Å². The van der Waals surface area contributed by atoms with Crippen LogP contribution < -0.4 is 9.47 Å². The lowest BCUT2D eigenvalue weighted by molar-refractivity contribution is -0.152. The highest BCUT2D eigenvalue weighted by Gasteiger charge is 2.30. The SMILES string of the molecule is COC(=O)C(C)(C)COc1cc(C)c(-c2ccc(-c3nc(Oc4ccc(F)cc4)n(COCC[SiH](C)C)n3)cn2)cn1. The average molecular weight is 594 g/mol. The second-order valence-corrected chi connectivity index (χ2v) is 14.3. The van der Waals surface area contributed by atoms with Crippen LogP contribution in [0.25, 0.3) is 22.6 Å². The van der Waals surface area contributed by atoms with E-state index in [1.165, 1.54) is 31.4 Å². The number of rotatable bonds is 13. The summed E-state index contributed by atoms with van der Waals surface area (Å²) in [6.07, 6.45) is 3.38. The normalized spacial score (nSPS) is 11.5. The molecule has 0 amide bonds. The number of pyridine rings is 2. The second kappa shape index (κ2) is 13.7. The Morgan fingerprint density at radius 1 is 1.07 bits per heavy atom. The van der Waals surface area contributed by atoms with Crippen LogP contribution in [0.15, 0.2) is 54.9 Å². The second-order valence-electron chi connectivity index (χ2n) is 10.9. The van der Waals surface area contributed by atoms with Crippen LogP contribution in [-0.2, 0) is 21.0 Å². The van der Waals surface area contributed by atoms with Gasteiger partial charge in [-0.1, -0.05) is 13.1 Å². The third kappa shape index (κ3) is 7.98. The third-order valence-electron chi connectivity index (χ3n) is 6.42. The molecular formula is C30H36FN5O5Si. The van der Waals surface area contributed by atoms with Crippen molar-refractivity contribution < 1.29 is 28.1 Å². The van der Waals surface area contributed by atoms with E-state index in [4.69, 9.17) is 18.9 Å². The topological polar surface area (TPSA) is 110 Å². The van der Waals surface area contributed by atoms with Gasteiger partial charge in [0.25, 0.3) is 0 Å². The van der Waals surface area contributed by atoms with E-state index in [0.717, 1.165) is 17.2 Å². The van der Waals surface area contributed by atoms with Crippen LogP contribution in [0.5, 0.6) is 17.6 Å². The monoisotopic (exact) mass is 593 g/mol. The number of aryl methyl sites for hydroxylation is 1. The zero-order valence-electron chi connectivity index (χ0n) is 24.8. The number of hydrogen-bond donors (Lipinski definition) is 0. The minimum atomic E-state index is -0.799. The summed E-state index contributed by atoms with van der Waals surface area (Å²) < 4.78 is 37.3. The van der Waals surface area contributed by atoms with Crippen molar-refractivity contribution in [1.82, 2.24) is 24.7 Å². The largest absolute Gasteiger partial charge is 0.476 e. The predicted molar refractivity (Wildman–Crippen MR) is 159 cm³/mol. The zero-order chi connectivity index (χ0) is 30.3. The molecule has 0 atom stereocenters. The minimum absolute atomic E-state index is 0.134. The van der Waals surface area contributed by atoms with Crippen molar-refractivity contribution in [2.24, 2.45) is 5.41 Å². The molecule has 0 unspecified atom stereocenters. The Bertz CT molecular complexity index is 1490. The lowest BCUT2D eigenvalue weighted by Gasteiger charge is -2.21. The molecule has 3 aromatic heterocycles. The first-order chi connectivity index (χ1) is 20.1. The third-order valence-corrected chi connectivity index (χ3v) is 7.81. The molecule has 4 rings (SSSR count). The number of hydrogen-bond acceptors (Lipinski definition) is 9. The van der Waals surface area contributed by atoms with Gasteiger partial charge in [0.1, 0.15) is 24.9 Å². The lowest BCUT2D eigenvalue weighted by Crippen LogP contribution is -2.32. The molecule has 4 aromatic rings. The molecule has 0 spiro atoms. The van der Waals surface area contributed by atoms with Crippen molar-refractivity contribution in [2.45, 2.75) is 46.6 Å². The summed E-state index contributed by atoms with van der Waals surface area (Å²) in [5.41, 5.74) is 2.35. The van der Waals surface area contributed by atoms with Gasteiger partial charge in [0.2, 0.25) is 5.88 Å². The number of methoxy groups -OCH3 is 1. The van der Waals surface area contributed by atoms with E-state index in [9.17, 15) is 9.18 Å². The standard InChI is InChI=1S/C30H36FN5O5Si/c1-20-15-26(40-18-30(2,3)28(37)38-4)33-17-24(20)25-12-7-21(16-32-25)27-34-29(41-23-10-8-22(31)9-11-23)36(35-27)19-39-13-14-42(5)6/h7-12,15-17,42H,13-14,18-19H2,1-6H3. The Kier molecular flexibility index (Phi) is 10.0. The highest BCUT2D eigenvalue weighted by atomic mass is 28.3. The molecule has 0 fully saturated rings. The molecule has 10 nitrogen and oxygen atoms in total.